The normalized spacial score (nSPS) is 26.2. The van der Waals surface area contributed by atoms with Gasteiger partial charge in [-0.25, -0.2) is 0 Å². The number of nitrogens with zero attached hydrogens (tertiary/aromatic N) is 1. The Morgan fingerprint density at radius 3 is 2.72 bits per heavy atom. The second kappa shape index (κ2) is 7.46. The maximum Gasteiger partial charge on any atom is 0.227 e. The van der Waals surface area contributed by atoms with Gasteiger partial charge in [0.1, 0.15) is 0 Å². The first-order valence-corrected chi connectivity index (χ1v) is 9.97. The SMILES string of the molecule is O=C(NCC1(N2CCOCC2)CCCCC1)[C@H]1CCc2ccccc21. The Labute approximate surface area is 150 Å². The van der Waals surface area contributed by atoms with Crippen LogP contribution in [-0.2, 0) is 16.0 Å². The van der Waals surface area contributed by atoms with Gasteiger partial charge in [0.15, 0.2) is 0 Å². The van der Waals surface area contributed by atoms with Crippen LogP contribution in [0.1, 0.15) is 55.6 Å². The van der Waals surface area contributed by atoms with Crippen LogP contribution in [0.5, 0.6) is 0 Å². The summed E-state index contributed by atoms with van der Waals surface area (Å²) in [6, 6.07) is 8.43. The zero-order valence-electron chi connectivity index (χ0n) is 15.1. The van der Waals surface area contributed by atoms with Gasteiger partial charge in [0.05, 0.1) is 19.1 Å². The van der Waals surface area contributed by atoms with Crippen molar-refractivity contribution in [3.05, 3.63) is 35.4 Å². The minimum Gasteiger partial charge on any atom is -0.379 e. The smallest absolute Gasteiger partial charge is 0.227 e. The highest BCUT2D eigenvalue weighted by molar-refractivity contribution is 5.85. The van der Waals surface area contributed by atoms with Crippen molar-refractivity contribution in [1.82, 2.24) is 10.2 Å². The largest absolute Gasteiger partial charge is 0.379 e. The third kappa shape index (κ3) is 3.47. The minimum atomic E-state index is 0.0431. The zero-order chi connectivity index (χ0) is 17.1. The Bertz CT molecular complexity index is 604. The van der Waals surface area contributed by atoms with Crippen LogP contribution in [-0.4, -0.2) is 49.2 Å². The second-order valence-electron chi connectivity index (χ2n) is 7.89. The molecular weight excluding hydrogens is 312 g/mol. The van der Waals surface area contributed by atoms with E-state index < -0.39 is 0 Å². The van der Waals surface area contributed by atoms with E-state index in [1.807, 2.05) is 0 Å². The summed E-state index contributed by atoms with van der Waals surface area (Å²) in [4.78, 5) is 15.5. The molecule has 1 heterocycles. The molecule has 1 aliphatic heterocycles. The van der Waals surface area contributed by atoms with Crippen molar-refractivity contribution in [2.24, 2.45) is 0 Å². The maximum atomic E-state index is 12.9. The lowest BCUT2D eigenvalue weighted by Gasteiger charge is -2.48. The molecule has 4 nitrogen and oxygen atoms in total. The van der Waals surface area contributed by atoms with Gasteiger partial charge in [0.2, 0.25) is 5.91 Å². The van der Waals surface area contributed by atoms with Crippen molar-refractivity contribution in [3.8, 4) is 0 Å². The molecule has 2 aliphatic carbocycles. The first-order valence-electron chi connectivity index (χ1n) is 9.97. The standard InChI is InChI=1S/C21H30N2O2/c24-20(19-9-8-17-6-2-3-7-18(17)19)22-16-21(10-4-1-5-11-21)23-12-14-25-15-13-23/h2-3,6-7,19H,1,4-5,8-16H2,(H,22,24)/t19-/m0/s1. The molecular formula is C21H30N2O2. The average Bonchev–Trinajstić information content (AvgIpc) is 3.12. The Hall–Kier alpha value is -1.39. The molecule has 0 bridgehead atoms. The van der Waals surface area contributed by atoms with Gasteiger partial charge in [0.25, 0.3) is 0 Å². The molecule has 0 aromatic heterocycles. The molecule has 1 N–H and O–H groups in total. The van der Waals surface area contributed by atoms with Crippen LogP contribution in [0.4, 0.5) is 0 Å². The number of rotatable bonds is 4. The molecule has 25 heavy (non-hydrogen) atoms. The fourth-order valence-corrected chi connectivity index (χ4v) is 5.06. The fourth-order valence-electron chi connectivity index (χ4n) is 5.06. The molecule has 0 unspecified atom stereocenters. The van der Waals surface area contributed by atoms with E-state index in [-0.39, 0.29) is 17.4 Å². The molecule has 1 amide bonds. The Balaban J connectivity index is 1.43. The lowest BCUT2D eigenvalue weighted by Crippen LogP contribution is -2.59. The van der Waals surface area contributed by atoms with E-state index in [4.69, 9.17) is 4.74 Å². The van der Waals surface area contributed by atoms with Gasteiger partial charge in [-0.15, -0.1) is 0 Å². The highest BCUT2D eigenvalue weighted by Gasteiger charge is 2.39. The monoisotopic (exact) mass is 342 g/mol. The Kier molecular flexibility index (Phi) is 5.09. The molecule has 2 fully saturated rings. The number of carbonyl (C=O) groups excluding carboxylic acids is 1. The van der Waals surface area contributed by atoms with E-state index in [1.54, 1.807) is 0 Å². The number of ether oxygens (including phenoxy) is 1. The number of benzene rings is 1. The molecule has 1 saturated carbocycles. The van der Waals surface area contributed by atoms with Crippen LogP contribution in [0.2, 0.25) is 0 Å². The summed E-state index contributed by atoms with van der Waals surface area (Å²) in [5, 5.41) is 3.35. The number of carbonyl (C=O) groups is 1. The average molecular weight is 342 g/mol. The van der Waals surface area contributed by atoms with Crippen LogP contribution in [0.3, 0.4) is 0 Å². The van der Waals surface area contributed by atoms with Crippen molar-refractivity contribution < 1.29 is 9.53 Å². The van der Waals surface area contributed by atoms with E-state index in [9.17, 15) is 4.79 Å². The van der Waals surface area contributed by atoms with E-state index in [2.05, 4.69) is 34.5 Å². The van der Waals surface area contributed by atoms with Crippen molar-refractivity contribution in [1.29, 1.82) is 0 Å². The van der Waals surface area contributed by atoms with Gasteiger partial charge in [0, 0.05) is 25.2 Å². The number of nitrogens with one attached hydrogen (secondary N) is 1. The fraction of sp³-hybridized carbons (Fsp3) is 0.667. The summed E-state index contributed by atoms with van der Waals surface area (Å²) in [5.41, 5.74) is 2.74. The minimum absolute atomic E-state index is 0.0431. The van der Waals surface area contributed by atoms with Crippen molar-refractivity contribution in [2.75, 3.05) is 32.8 Å². The summed E-state index contributed by atoms with van der Waals surface area (Å²) >= 11 is 0. The lowest BCUT2D eigenvalue weighted by molar-refractivity contribution is -0.123. The third-order valence-electron chi connectivity index (χ3n) is 6.51. The number of fused-ring (bicyclic) bond motifs is 1. The molecule has 1 saturated heterocycles. The molecule has 4 heteroatoms. The zero-order valence-corrected chi connectivity index (χ0v) is 15.1. The van der Waals surface area contributed by atoms with Crippen LogP contribution >= 0.6 is 0 Å². The second-order valence-corrected chi connectivity index (χ2v) is 7.89. The van der Waals surface area contributed by atoms with Crippen molar-refractivity contribution in [3.63, 3.8) is 0 Å². The van der Waals surface area contributed by atoms with E-state index in [0.29, 0.717) is 0 Å². The maximum absolute atomic E-state index is 12.9. The number of aryl methyl sites for hydroxylation is 1. The lowest BCUT2D eigenvalue weighted by atomic mass is 9.79. The Morgan fingerprint density at radius 1 is 1.16 bits per heavy atom. The highest BCUT2D eigenvalue weighted by atomic mass is 16.5. The predicted molar refractivity (Wildman–Crippen MR) is 98.7 cm³/mol. The van der Waals surface area contributed by atoms with Gasteiger partial charge in [-0.3, -0.25) is 9.69 Å². The number of morpholine rings is 1. The van der Waals surface area contributed by atoms with E-state index in [0.717, 1.165) is 45.7 Å². The first kappa shape index (κ1) is 17.0. The predicted octanol–water partition coefficient (Wildman–Crippen LogP) is 2.87. The number of hydrogen-bond acceptors (Lipinski definition) is 3. The Morgan fingerprint density at radius 2 is 1.92 bits per heavy atom. The summed E-state index contributed by atoms with van der Waals surface area (Å²) in [6.07, 6.45) is 8.27. The highest BCUT2D eigenvalue weighted by Crippen LogP contribution is 2.35. The van der Waals surface area contributed by atoms with Gasteiger partial charge in [-0.2, -0.15) is 0 Å². The van der Waals surface area contributed by atoms with Gasteiger partial charge >= 0.3 is 0 Å². The van der Waals surface area contributed by atoms with Gasteiger partial charge < -0.3 is 10.1 Å². The van der Waals surface area contributed by atoms with Gasteiger partial charge in [-0.1, -0.05) is 43.5 Å². The van der Waals surface area contributed by atoms with Crippen LogP contribution in [0.15, 0.2) is 24.3 Å². The summed E-state index contributed by atoms with van der Waals surface area (Å²) in [6.45, 7) is 4.45. The topological polar surface area (TPSA) is 41.6 Å². The molecule has 1 aromatic carbocycles. The summed E-state index contributed by atoms with van der Waals surface area (Å²) in [5.74, 6) is 0.268. The molecule has 1 atom stereocenters. The van der Waals surface area contributed by atoms with Crippen molar-refractivity contribution >= 4 is 5.91 Å². The van der Waals surface area contributed by atoms with E-state index >= 15 is 0 Å². The quantitative estimate of drug-likeness (QED) is 0.915. The molecule has 136 valence electrons. The van der Waals surface area contributed by atoms with Gasteiger partial charge in [-0.05, 0) is 36.8 Å². The summed E-state index contributed by atoms with van der Waals surface area (Å²) < 4.78 is 5.55. The van der Waals surface area contributed by atoms with Crippen LogP contribution in [0.25, 0.3) is 0 Å². The first-order chi connectivity index (χ1) is 12.3. The van der Waals surface area contributed by atoms with Crippen LogP contribution in [0, 0.1) is 0 Å². The molecule has 1 aromatic rings. The third-order valence-corrected chi connectivity index (χ3v) is 6.51. The van der Waals surface area contributed by atoms with E-state index in [1.165, 1.54) is 43.2 Å². The molecule has 0 spiro atoms. The van der Waals surface area contributed by atoms with Crippen molar-refractivity contribution in [2.45, 2.75) is 56.4 Å². The molecule has 0 radical (unpaired) electrons. The summed E-state index contributed by atoms with van der Waals surface area (Å²) in [7, 11) is 0. The molecule has 4 rings (SSSR count). The van der Waals surface area contributed by atoms with Crippen LogP contribution < -0.4 is 5.32 Å². The number of amides is 1. The number of hydrogen-bond donors (Lipinski definition) is 1. The molecule has 3 aliphatic rings.